The molecule has 0 spiro atoms. The maximum absolute atomic E-state index is 5.79. The van der Waals surface area contributed by atoms with Crippen LogP contribution in [-0.4, -0.2) is 22.6 Å². The predicted molar refractivity (Wildman–Crippen MR) is 87.2 cm³/mol. The summed E-state index contributed by atoms with van der Waals surface area (Å²) in [5.41, 5.74) is 7.74. The summed E-state index contributed by atoms with van der Waals surface area (Å²) in [5, 5.41) is 0. The van der Waals surface area contributed by atoms with E-state index in [-0.39, 0.29) is 0 Å². The molecule has 3 nitrogen and oxygen atoms in total. The Morgan fingerprint density at radius 1 is 1.25 bits per heavy atom. The highest BCUT2D eigenvalue weighted by atomic mass is 32.1. The number of anilines is 1. The SMILES string of the molecule is Cc1cc(C(N)=S)cc(N2CCCC2C2CCCC2)n1. The summed E-state index contributed by atoms with van der Waals surface area (Å²) in [6.07, 6.45) is 8.15. The fourth-order valence-electron chi connectivity index (χ4n) is 3.85. The number of pyridine rings is 1. The van der Waals surface area contributed by atoms with Gasteiger partial charge in [-0.3, -0.25) is 0 Å². The van der Waals surface area contributed by atoms with Crippen molar-refractivity contribution in [3.05, 3.63) is 23.4 Å². The molecule has 1 aromatic rings. The first-order chi connectivity index (χ1) is 9.65. The second-order valence-electron chi connectivity index (χ2n) is 6.17. The van der Waals surface area contributed by atoms with Crippen LogP contribution in [0.4, 0.5) is 5.82 Å². The van der Waals surface area contributed by atoms with E-state index in [0.717, 1.165) is 29.5 Å². The van der Waals surface area contributed by atoms with Crippen LogP contribution in [-0.2, 0) is 0 Å². The molecule has 2 N–H and O–H groups in total. The van der Waals surface area contributed by atoms with E-state index in [1.807, 2.05) is 13.0 Å². The molecule has 2 heterocycles. The molecule has 1 aromatic heterocycles. The van der Waals surface area contributed by atoms with Crippen molar-refractivity contribution in [1.29, 1.82) is 0 Å². The van der Waals surface area contributed by atoms with Gasteiger partial charge in [-0.1, -0.05) is 25.1 Å². The van der Waals surface area contributed by atoms with Gasteiger partial charge in [0.15, 0.2) is 0 Å². The third-order valence-corrected chi connectivity index (χ3v) is 5.00. The van der Waals surface area contributed by atoms with Crippen molar-refractivity contribution in [2.75, 3.05) is 11.4 Å². The average molecular weight is 289 g/mol. The van der Waals surface area contributed by atoms with Crippen molar-refractivity contribution in [2.24, 2.45) is 11.7 Å². The zero-order valence-electron chi connectivity index (χ0n) is 12.1. The van der Waals surface area contributed by atoms with Gasteiger partial charge >= 0.3 is 0 Å². The first kappa shape index (κ1) is 13.8. The minimum Gasteiger partial charge on any atom is -0.389 e. The van der Waals surface area contributed by atoms with E-state index in [1.54, 1.807) is 0 Å². The molecule has 4 heteroatoms. The van der Waals surface area contributed by atoms with Gasteiger partial charge in [-0.2, -0.15) is 0 Å². The summed E-state index contributed by atoms with van der Waals surface area (Å²) >= 11 is 5.12. The third-order valence-electron chi connectivity index (χ3n) is 4.76. The van der Waals surface area contributed by atoms with Crippen molar-refractivity contribution in [2.45, 2.75) is 51.5 Å². The Balaban J connectivity index is 1.88. The standard InChI is InChI=1S/C16H23N3S/c1-11-9-13(16(17)20)10-15(18-11)19-8-4-7-14(19)12-5-2-3-6-12/h9-10,12,14H,2-8H2,1H3,(H2,17,20). The number of hydrogen-bond acceptors (Lipinski definition) is 3. The normalized spacial score (nSPS) is 23.4. The lowest BCUT2D eigenvalue weighted by atomic mass is 9.96. The highest BCUT2D eigenvalue weighted by molar-refractivity contribution is 7.80. The molecule has 1 unspecified atom stereocenters. The Kier molecular flexibility index (Phi) is 3.92. The van der Waals surface area contributed by atoms with Crippen LogP contribution in [0.5, 0.6) is 0 Å². The monoisotopic (exact) mass is 289 g/mol. The van der Waals surface area contributed by atoms with Crippen molar-refractivity contribution >= 4 is 23.0 Å². The van der Waals surface area contributed by atoms with Crippen LogP contribution in [0.1, 0.15) is 49.8 Å². The van der Waals surface area contributed by atoms with Crippen LogP contribution in [0.25, 0.3) is 0 Å². The minimum atomic E-state index is 0.466. The van der Waals surface area contributed by atoms with Gasteiger partial charge in [-0.15, -0.1) is 0 Å². The maximum Gasteiger partial charge on any atom is 0.129 e. The molecule has 108 valence electrons. The fourth-order valence-corrected chi connectivity index (χ4v) is 3.97. The Labute approximate surface area is 126 Å². The molecule has 0 bridgehead atoms. The molecule has 1 aliphatic carbocycles. The van der Waals surface area contributed by atoms with Crippen LogP contribution >= 0.6 is 12.2 Å². The number of thiocarbonyl (C=S) groups is 1. The first-order valence-electron chi connectivity index (χ1n) is 7.70. The Morgan fingerprint density at radius 2 is 2.00 bits per heavy atom. The lowest BCUT2D eigenvalue weighted by Crippen LogP contribution is -2.35. The quantitative estimate of drug-likeness (QED) is 0.868. The molecule has 2 aliphatic rings. The molecular formula is C16H23N3S. The van der Waals surface area contributed by atoms with Crippen LogP contribution in [0.2, 0.25) is 0 Å². The van der Waals surface area contributed by atoms with Crippen molar-refractivity contribution < 1.29 is 0 Å². The van der Waals surface area contributed by atoms with E-state index in [1.165, 1.54) is 38.5 Å². The smallest absolute Gasteiger partial charge is 0.129 e. The lowest BCUT2D eigenvalue weighted by molar-refractivity contribution is 0.429. The molecule has 2 fully saturated rings. The predicted octanol–water partition coefficient (Wildman–Crippen LogP) is 3.18. The van der Waals surface area contributed by atoms with Gasteiger partial charge in [0.05, 0.1) is 0 Å². The summed E-state index contributed by atoms with van der Waals surface area (Å²) in [4.78, 5) is 7.70. The average Bonchev–Trinajstić information content (AvgIpc) is 3.08. The molecule has 1 aliphatic heterocycles. The second-order valence-corrected chi connectivity index (χ2v) is 6.61. The summed E-state index contributed by atoms with van der Waals surface area (Å²) in [6, 6.07) is 4.72. The Morgan fingerprint density at radius 3 is 2.70 bits per heavy atom. The zero-order chi connectivity index (χ0) is 14.1. The van der Waals surface area contributed by atoms with E-state index in [2.05, 4.69) is 11.0 Å². The summed E-state index contributed by atoms with van der Waals surface area (Å²) in [7, 11) is 0. The molecule has 20 heavy (non-hydrogen) atoms. The minimum absolute atomic E-state index is 0.466. The van der Waals surface area contributed by atoms with Gasteiger partial charge in [-0.05, 0) is 50.7 Å². The van der Waals surface area contributed by atoms with Crippen LogP contribution in [0.3, 0.4) is 0 Å². The van der Waals surface area contributed by atoms with E-state index in [4.69, 9.17) is 22.9 Å². The molecular weight excluding hydrogens is 266 g/mol. The van der Waals surface area contributed by atoms with Crippen LogP contribution < -0.4 is 10.6 Å². The molecule has 1 saturated heterocycles. The molecule has 0 amide bonds. The van der Waals surface area contributed by atoms with E-state index >= 15 is 0 Å². The number of nitrogens with two attached hydrogens (primary N) is 1. The van der Waals surface area contributed by atoms with Gasteiger partial charge in [0.25, 0.3) is 0 Å². The van der Waals surface area contributed by atoms with Gasteiger partial charge in [0.2, 0.25) is 0 Å². The number of hydrogen-bond donors (Lipinski definition) is 1. The van der Waals surface area contributed by atoms with E-state index < -0.39 is 0 Å². The van der Waals surface area contributed by atoms with Crippen molar-refractivity contribution in [1.82, 2.24) is 4.98 Å². The first-order valence-corrected chi connectivity index (χ1v) is 8.11. The van der Waals surface area contributed by atoms with E-state index in [9.17, 15) is 0 Å². The highest BCUT2D eigenvalue weighted by Gasteiger charge is 2.34. The molecule has 0 aromatic carbocycles. The fraction of sp³-hybridized carbons (Fsp3) is 0.625. The summed E-state index contributed by atoms with van der Waals surface area (Å²) < 4.78 is 0. The van der Waals surface area contributed by atoms with Crippen LogP contribution in [0, 0.1) is 12.8 Å². The number of nitrogens with zero attached hydrogens (tertiary/aromatic N) is 2. The lowest BCUT2D eigenvalue weighted by Gasteiger charge is -2.30. The summed E-state index contributed by atoms with van der Waals surface area (Å²) in [6.45, 7) is 3.14. The van der Waals surface area contributed by atoms with Crippen molar-refractivity contribution in [3.63, 3.8) is 0 Å². The zero-order valence-corrected chi connectivity index (χ0v) is 13.0. The van der Waals surface area contributed by atoms with Gasteiger partial charge in [-0.25, -0.2) is 4.98 Å². The Bertz CT molecular complexity index is 508. The van der Waals surface area contributed by atoms with Gasteiger partial charge in [0.1, 0.15) is 10.8 Å². The highest BCUT2D eigenvalue weighted by Crippen LogP contribution is 2.37. The van der Waals surface area contributed by atoms with Gasteiger partial charge < -0.3 is 10.6 Å². The largest absolute Gasteiger partial charge is 0.389 e. The molecule has 1 saturated carbocycles. The van der Waals surface area contributed by atoms with Gasteiger partial charge in [0, 0.05) is 23.8 Å². The van der Waals surface area contributed by atoms with Crippen LogP contribution in [0.15, 0.2) is 12.1 Å². The summed E-state index contributed by atoms with van der Waals surface area (Å²) in [5.74, 6) is 1.93. The molecule has 3 rings (SSSR count). The van der Waals surface area contributed by atoms with E-state index in [0.29, 0.717) is 11.0 Å². The second kappa shape index (κ2) is 5.68. The number of aryl methyl sites for hydroxylation is 1. The molecule has 0 radical (unpaired) electrons. The number of aromatic nitrogens is 1. The maximum atomic E-state index is 5.79. The molecule has 1 atom stereocenters. The Hall–Kier alpha value is -1.16. The number of rotatable bonds is 3. The van der Waals surface area contributed by atoms with Crippen molar-refractivity contribution in [3.8, 4) is 0 Å². The topological polar surface area (TPSA) is 42.1 Å². The third kappa shape index (κ3) is 2.66.